The minimum atomic E-state index is -3.78. The molecule has 0 radical (unpaired) electrons. The maximum absolute atomic E-state index is 13.2. The summed E-state index contributed by atoms with van der Waals surface area (Å²) in [6, 6.07) is 3.20. The van der Waals surface area contributed by atoms with Gasteiger partial charge >= 0.3 is 0 Å². The summed E-state index contributed by atoms with van der Waals surface area (Å²) in [4.78, 5) is -0.188. The third kappa shape index (κ3) is 3.55. The Hall–Kier alpha value is -1.93. The largest absolute Gasteiger partial charge is 0.399 e. The summed E-state index contributed by atoms with van der Waals surface area (Å²) >= 11 is 0. The normalized spacial score (nSPS) is 11.7. The van der Waals surface area contributed by atoms with Crippen molar-refractivity contribution in [3.63, 3.8) is 0 Å². The van der Waals surface area contributed by atoms with Crippen LogP contribution < -0.4 is 10.5 Å². The van der Waals surface area contributed by atoms with Crippen molar-refractivity contribution in [2.24, 2.45) is 0 Å². The standard InChI is InChI=1S/C12H15FN4O2S/c1-9-7-15-17(8-9)3-2-16-20(18,19)12-5-10(13)4-11(14)6-12/h4-8,16H,2-3,14H2,1H3. The molecule has 0 saturated heterocycles. The number of aromatic nitrogens is 2. The lowest BCUT2D eigenvalue weighted by Crippen LogP contribution is -2.27. The molecule has 0 spiro atoms. The van der Waals surface area contributed by atoms with Gasteiger partial charge in [-0.15, -0.1) is 0 Å². The molecule has 1 aromatic carbocycles. The van der Waals surface area contributed by atoms with E-state index in [9.17, 15) is 12.8 Å². The zero-order chi connectivity index (χ0) is 14.8. The van der Waals surface area contributed by atoms with Crippen LogP contribution in [0.1, 0.15) is 5.56 Å². The molecule has 2 rings (SSSR count). The van der Waals surface area contributed by atoms with E-state index in [4.69, 9.17) is 5.73 Å². The number of rotatable bonds is 5. The van der Waals surface area contributed by atoms with Gasteiger partial charge in [-0.1, -0.05) is 0 Å². The molecule has 0 atom stereocenters. The summed E-state index contributed by atoms with van der Waals surface area (Å²) in [6.07, 6.45) is 3.48. The summed E-state index contributed by atoms with van der Waals surface area (Å²) in [5, 5.41) is 4.04. The highest BCUT2D eigenvalue weighted by atomic mass is 32.2. The molecule has 0 aliphatic rings. The van der Waals surface area contributed by atoms with Crippen molar-refractivity contribution in [2.75, 3.05) is 12.3 Å². The highest BCUT2D eigenvalue weighted by Gasteiger charge is 2.15. The van der Waals surface area contributed by atoms with E-state index in [2.05, 4.69) is 9.82 Å². The van der Waals surface area contributed by atoms with E-state index in [0.717, 1.165) is 17.7 Å². The van der Waals surface area contributed by atoms with Crippen LogP contribution in [0.5, 0.6) is 0 Å². The maximum Gasteiger partial charge on any atom is 0.240 e. The number of sulfonamides is 1. The zero-order valence-electron chi connectivity index (χ0n) is 10.9. The molecule has 20 heavy (non-hydrogen) atoms. The molecule has 0 aliphatic carbocycles. The molecular formula is C12H15FN4O2S. The second-order valence-electron chi connectivity index (χ2n) is 4.40. The lowest BCUT2D eigenvalue weighted by atomic mass is 10.3. The van der Waals surface area contributed by atoms with E-state index in [1.807, 2.05) is 6.92 Å². The number of hydrogen-bond acceptors (Lipinski definition) is 4. The number of halogens is 1. The second kappa shape index (κ2) is 5.59. The number of nitrogens with two attached hydrogens (primary N) is 1. The summed E-state index contributed by atoms with van der Waals surface area (Å²) in [7, 11) is -3.78. The van der Waals surface area contributed by atoms with Crippen molar-refractivity contribution in [1.29, 1.82) is 0 Å². The maximum atomic E-state index is 13.2. The van der Waals surface area contributed by atoms with E-state index in [0.29, 0.717) is 6.54 Å². The number of anilines is 1. The van der Waals surface area contributed by atoms with Crippen LogP contribution in [0.2, 0.25) is 0 Å². The predicted octanol–water partition coefficient (Wildman–Crippen LogP) is 0.891. The predicted molar refractivity (Wildman–Crippen MR) is 73.0 cm³/mol. The van der Waals surface area contributed by atoms with E-state index in [1.165, 1.54) is 6.07 Å². The van der Waals surface area contributed by atoms with Crippen LogP contribution in [0.25, 0.3) is 0 Å². The molecule has 3 N–H and O–H groups in total. The lowest BCUT2D eigenvalue weighted by molar-refractivity contribution is 0.559. The van der Waals surface area contributed by atoms with Crippen LogP contribution in [0.4, 0.5) is 10.1 Å². The lowest BCUT2D eigenvalue weighted by Gasteiger charge is -2.08. The van der Waals surface area contributed by atoms with E-state index in [-0.39, 0.29) is 17.1 Å². The first-order valence-corrected chi connectivity index (χ1v) is 7.40. The fraction of sp³-hybridized carbons (Fsp3) is 0.250. The van der Waals surface area contributed by atoms with Crippen LogP contribution in [-0.2, 0) is 16.6 Å². The Bertz CT molecular complexity index is 692. The molecule has 0 unspecified atom stereocenters. The minimum Gasteiger partial charge on any atom is -0.399 e. The van der Waals surface area contributed by atoms with E-state index in [1.54, 1.807) is 17.1 Å². The number of hydrogen-bond donors (Lipinski definition) is 2. The summed E-state index contributed by atoms with van der Waals surface area (Å²) in [5.74, 6) is -0.687. The first-order valence-electron chi connectivity index (χ1n) is 5.91. The van der Waals surface area contributed by atoms with Crippen LogP contribution >= 0.6 is 0 Å². The van der Waals surface area contributed by atoms with Crippen molar-refractivity contribution >= 4 is 15.7 Å². The number of nitrogens with one attached hydrogen (secondary N) is 1. The number of nitrogens with zero attached hydrogens (tertiary/aromatic N) is 2. The third-order valence-corrected chi connectivity index (χ3v) is 4.04. The van der Waals surface area contributed by atoms with Crippen LogP contribution in [0.3, 0.4) is 0 Å². The first-order chi connectivity index (χ1) is 9.37. The average molecular weight is 298 g/mol. The van der Waals surface area contributed by atoms with Gasteiger partial charge < -0.3 is 5.73 Å². The Balaban J connectivity index is 2.03. The molecule has 2 aromatic rings. The molecule has 1 aromatic heterocycles. The van der Waals surface area contributed by atoms with Gasteiger partial charge in [-0.05, 0) is 30.7 Å². The van der Waals surface area contributed by atoms with Crippen molar-refractivity contribution in [1.82, 2.24) is 14.5 Å². The van der Waals surface area contributed by atoms with Gasteiger partial charge in [0, 0.05) is 18.4 Å². The Labute approximate surface area is 116 Å². The highest BCUT2D eigenvalue weighted by molar-refractivity contribution is 7.89. The number of nitrogen functional groups attached to an aromatic ring is 1. The molecule has 0 fully saturated rings. The van der Waals surface area contributed by atoms with E-state index >= 15 is 0 Å². The minimum absolute atomic E-state index is 0.0630. The average Bonchev–Trinajstić information content (AvgIpc) is 2.73. The fourth-order valence-electron chi connectivity index (χ4n) is 1.71. The van der Waals surface area contributed by atoms with Crippen LogP contribution in [0.15, 0.2) is 35.5 Å². The van der Waals surface area contributed by atoms with Crippen molar-refractivity contribution in [3.8, 4) is 0 Å². The van der Waals surface area contributed by atoms with Crippen molar-refractivity contribution in [3.05, 3.63) is 42.0 Å². The Kier molecular flexibility index (Phi) is 4.05. The smallest absolute Gasteiger partial charge is 0.240 e. The van der Waals surface area contributed by atoms with Gasteiger partial charge in [0.2, 0.25) is 10.0 Å². The molecule has 0 aliphatic heterocycles. The zero-order valence-corrected chi connectivity index (χ0v) is 11.7. The van der Waals surface area contributed by atoms with Gasteiger partial charge in [-0.2, -0.15) is 5.10 Å². The topological polar surface area (TPSA) is 90.0 Å². The van der Waals surface area contributed by atoms with Gasteiger partial charge in [-0.25, -0.2) is 17.5 Å². The summed E-state index contributed by atoms with van der Waals surface area (Å²) in [5.41, 5.74) is 6.49. The molecule has 0 amide bonds. The van der Waals surface area contributed by atoms with E-state index < -0.39 is 15.8 Å². The molecule has 8 heteroatoms. The molecule has 1 heterocycles. The quantitative estimate of drug-likeness (QED) is 0.802. The van der Waals surface area contributed by atoms with Crippen LogP contribution in [-0.4, -0.2) is 24.7 Å². The SMILES string of the molecule is Cc1cnn(CCNS(=O)(=O)c2cc(N)cc(F)c2)c1. The highest BCUT2D eigenvalue weighted by Crippen LogP contribution is 2.15. The molecular weight excluding hydrogens is 283 g/mol. The molecule has 0 saturated carbocycles. The molecule has 0 bridgehead atoms. The van der Waals surface area contributed by atoms with Crippen molar-refractivity contribution < 1.29 is 12.8 Å². The second-order valence-corrected chi connectivity index (χ2v) is 6.17. The number of aryl methyl sites for hydroxylation is 1. The Morgan fingerprint density at radius 2 is 2.15 bits per heavy atom. The fourth-order valence-corrected chi connectivity index (χ4v) is 2.79. The number of benzene rings is 1. The van der Waals surface area contributed by atoms with Crippen molar-refractivity contribution in [2.45, 2.75) is 18.4 Å². The third-order valence-electron chi connectivity index (χ3n) is 2.60. The monoisotopic (exact) mass is 298 g/mol. The van der Waals surface area contributed by atoms with Gasteiger partial charge in [0.15, 0.2) is 0 Å². The van der Waals surface area contributed by atoms with Crippen LogP contribution in [0, 0.1) is 12.7 Å². The van der Waals surface area contributed by atoms with Gasteiger partial charge in [0.25, 0.3) is 0 Å². The molecule has 108 valence electrons. The summed E-state index contributed by atoms with van der Waals surface area (Å²) < 4.78 is 41.1. The molecule has 6 nitrogen and oxygen atoms in total. The van der Waals surface area contributed by atoms with Gasteiger partial charge in [0.05, 0.1) is 17.6 Å². The van der Waals surface area contributed by atoms with Gasteiger partial charge in [0.1, 0.15) is 5.82 Å². The Morgan fingerprint density at radius 3 is 2.75 bits per heavy atom. The van der Waals surface area contributed by atoms with Gasteiger partial charge in [-0.3, -0.25) is 4.68 Å². The summed E-state index contributed by atoms with van der Waals surface area (Å²) in [6.45, 7) is 2.43. The first kappa shape index (κ1) is 14.5. The Morgan fingerprint density at radius 1 is 1.40 bits per heavy atom.